The molecule has 0 bridgehead atoms. The van der Waals surface area contributed by atoms with Gasteiger partial charge < -0.3 is 26.2 Å². The quantitative estimate of drug-likeness (QED) is 0.298. The second-order valence-corrected chi connectivity index (χ2v) is 4.34. The van der Waals surface area contributed by atoms with E-state index in [1.807, 2.05) is 0 Å². The molecular formula is C12H17BN2O5. The summed E-state index contributed by atoms with van der Waals surface area (Å²) in [5, 5.41) is 29.1. The number of hydrogen-bond donors (Lipinski definition) is 5. The van der Waals surface area contributed by atoms with Gasteiger partial charge in [0, 0.05) is 12.1 Å². The number of carbonyl (C=O) groups is 2. The first-order valence-corrected chi connectivity index (χ1v) is 6.14. The predicted molar refractivity (Wildman–Crippen MR) is 73.4 cm³/mol. The Labute approximate surface area is 116 Å². The van der Waals surface area contributed by atoms with Crippen LogP contribution in [-0.4, -0.2) is 46.7 Å². The molecule has 6 N–H and O–H groups in total. The average molecular weight is 280 g/mol. The molecule has 8 heteroatoms. The molecule has 7 nitrogen and oxygen atoms in total. The summed E-state index contributed by atoms with van der Waals surface area (Å²) in [6, 6.07) is 4.93. The molecule has 1 atom stereocenters. The fraction of sp³-hybridized carbons (Fsp3) is 0.333. The molecule has 1 unspecified atom stereocenters. The van der Waals surface area contributed by atoms with E-state index in [2.05, 4.69) is 5.32 Å². The number of nitrogens with one attached hydrogen (secondary N) is 1. The highest BCUT2D eigenvalue weighted by atomic mass is 16.4. The summed E-state index contributed by atoms with van der Waals surface area (Å²) in [4.78, 5) is 22.2. The summed E-state index contributed by atoms with van der Waals surface area (Å²) in [5.41, 5.74) is 6.02. The molecule has 0 radical (unpaired) electrons. The van der Waals surface area contributed by atoms with Crippen molar-refractivity contribution in [2.75, 3.05) is 6.54 Å². The Bertz CT molecular complexity index is 463. The van der Waals surface area contributed by atoms with Crippen molar-refractivity contribution in [2.45, 2.75) is 18.9 Å². The minimum Gasteiger partial charge on any atom is -0.480 e. The highest BCUT2D eigenvalue weighted by molar-refractivity contribution is 6.58. The van der Waals surface area contributed by atoms with E-state index in [4.69, 9.17) is 20.9 Å². The van der Waals surface area contributed by atoms with Gasteiger partial charge in [-0.15, -0.1) is 0 Å². The lowest BCUT2D eigenvalue weighted by Crippen LogP contribution is -2.32. The van der Waals surface area contributed by atoms with Gasteiger partial charge in [-0.25, -0.2) is 0 Å². The van der Waals surface area contributed by atoms with Crippen molar-refractivity contribution in [2.24, 2.45) is 5.73 Å². The maximum atomic E-state index is 11.7. The first kappa shape index (κ1) is 16.2. The summed E-state index contributed by atoms with van der Waals surface area (Å²) in [6.07, 6.45) is 0.748. The molecule has 0 saturated heterocycles. The van der Waals surface area contributed by atoms with Crippen LogP contribution in [0.3, 0.4) is 0 Å². The number of nitrogens with two attached hydrogens (primary N) is 1. The number of carboxylic acids is 1. The molecule has 0 aliphatic rings. The maximum Gasteiger partial charge on any atom is 0.488 e. The van der Waals surface area contributed by atoms with Crippen LogP contribution in [0.1, 0.15) is 23.2 Å². The second kappa shape index (κ2) is 7.64. The van der Waals surface area contributed by atoms with Gasteiger partial charge in [-0.1, -0.05) is 12.1 Å². The van der Waals surface area contributed by atoms with Crippen LogP contribution < -0.4 is 16.5 Å². The van der Waals surface area contributed by atoms with Crippen LogP contribution in [-0.2, 0) is 4.79 Å². The molecular weight excluding hydrogens is 263 g/mol. The molecule has 1 aromatic carbocycles. The molecule has 0 aromatic heterocycles. The molecule has 0 fully saturated rings. The van der Waals surface area contributed by atoms with Gasteiger partial charge in [0.05, 0.1) is 0 Å². The molecule has 0 aliphatic heterocycles. The second-order valence-electron chi connectivity index (χ2n) is 4.34. The molecule has 0 aliphatic carbocycles. The van der Waals surface area contributed by atoms with Crippen molar-refractivity contribution in [3.63, 3.8) is 0 Å². The summed E-state index contributed by atoms with van der Waals surface area (Å²) in [5.74, 6) is -1.37. The van der Waals surface area contributed by atoms with E-state index in [1.165, 1.54) is 24.3 Å². The Morgan fingerprint density at radius 3 is 2.35 bits per heavy atom. The number of hydrogen-bond acceptors (Lipinski definition) is 5. The molecule has 0 saturated carbocycles. The van der Waals surface area contributed by atoms with Crippen molar-refractivity contribution < 1.29 is 24.7 Å². The highest BCUT2D eigenvalue weighted by Gasteiger charge is 2.13. The maximum absolute atomic E-state index is 11.7. The number of amides is 1. The van der Waals surface area contributed by atoms with E-state index >= 15 is 0 Å². The van der Waals surface area contributed by atoms with Gasteiger partial charge in [0.25, 0.3) is 5.91 Å². The minimum atomic E-state index is -1.57. The van der Waals surface area contributed by atoms with Gasteiger partial charge >= 0.3 is 13.1 Å². The zero-order valence-electron chi connectivity index (χ0n) is 10.8. The molecule has 1 aromatic rings. The number of aliphatic carboxylic acids is 1. The lowest BCUT2D eigenvalue weighted by atomic mass is 9.80. The number of carboxylic acid groups (broad SMARTS) is 1. The predicted octanol–water partition coefficient (Wildman–Crippen LogP) is -1.71. The zero-order chi connectivity index (χ0) is 15.1. The lowest BCUT2D eigenvalue weighted by Gasteiger charge is -2.08. The van der Waals surface area contributed by atoms with Crippen LogP contribution in [0.5, 0.6) is 0 Å². The molecule has 1 rings (SSSR count). The first-order chi connectivity index (χ1) is 9.41. The topological polar surface area (TPSA) is 133 Å². The monoisotopic (exact) mass is 280 g/mol. The SMILES string of the molecule is NC(CCCNC(=O)c1ccc(B(O)O)cc1)C(=O)O. The van der Waals surface area contributed by atoms with Gasteiger partial charge in [0.2, 0.25) is 0 Å². The number of rotatable bonds is 7. The standard InChI is InChI=1S/C12H17BN2O5/c14-10(12(17)18)2-1-7-15-11(16)8-3-5-9(6-4-8)13(19)20/h3-6,10,19-20H,1-2,7,14H2,(H,15,16)(H,17,18). The summed E-state index contributed by atoms with van der Waals surface area (Å²) >= 11 is 0. The Morgan fingerprint density at radius 1 is 1.25 bits per heavy atom. The van der Waals surface area contributed by atoms with E-state index < -0.39 is 19.1 Å². The third-order valence-corrected chi connectivity index (χ3v) is 2.77. The van der Waals surface area contributed by atoms with Crippen LogP contribution in [0.15, 0.2) is 24.3 Å². The normalized spacial score (nSPS) is 11.8. The summed E-state index contributed by atoms with van der Waals surface area (Å²) in [6.45, 7) is 0.324. The van der Waals surface area contributed by atoms with Crippen LogP contribution in [0, 0.1) is 0 Å². The Balaban J connectivity index is 2.37. The number of carbonyl (C=O) groups excluding carboxylic acids is 1. The van der Waals surface area contributed by atoms with Crippen molar-refractivity contribution in [1.82, 2.24) is 5.32 Å². The number of benzene rings is 1. The van der Waals surface area contributed by atoms with E-state index in [1.54, 1.807) is 0 Å². The van der Waals surface area contributed by atoms with Crippen LogP contribution in [0.25, 0.3) is 0 Å². The van der Waals surface area contributed by atoms with Gasteiger partial charge in [-0.05, 0) is 30.4 Å². The fourth-order valence-corrected chi connectivity index (χ4v) is 1.56. The van der Waals surface area contributed by atoms with Crippen molar-refractivity contribution in [3.8, 4) is 0 Å². The van der Waals surface area contributed by atoms with Crippen molar-refractivity contribution in [1.29, 1.82) is 0 Å². The van der Waals surface area contributed by atoms with Gasteiger partial charge in [0.15, 0.2) is 0 Å². The van der Waals surface area contributed by atoms with Crippen LogP contribution >= 0.6 is 0 Å². The van der Waals surface area contributed by atoms with E-state index in [9.17, 15) is 9.59 Å². The van der Waals surface area contributed by atoms with Gasteiger partial charge in [0.1, 0.15) is 6.04 Å². The Kier molecular flexibility index (Phi) is 6.17. The zero-order valence-corrected chi connectivity index (χ0v) is 10.8. The smallest absolute Gasteiger partial charge is 0.480 e. The van der Waals surface area contributed by atoms with Crippen LogP contribution in [0.4, 0.5) is 0 Å². The first-order valence-electron chi connectivity index (χ1n) is 6.14. The molecule has 1 amide bonds. The largest absolute Gasteiger partial charge is 0.488 e. The van der Waals surface area contributed by atoms with Gasteiger partial charge in [-0.3, -0.25) is 9.59 Å². The Hall–Kier alpha value is -1.90. The molecule has 20 heavy (non-hydrogen) atoms. The van der Waals surface area contributed by atoms with Crippen LogP contribution in [0.2, 0.25) is 0 Å². The third kappa shape index (κ3) is 5.00. The van der Waals surface area contributed by atoms with Crippen molar-refractivity contribution >= 4 is 24.5 Å². The third-order valence-electron chi connectivity index (χ3n) is 2.77. The van der Waals surface area contributed by atoms with E-state index in [0.29, 0.717) is 24.0 Å². The van der Waals surface area contributed by atoms with E-state index in [-0.39, 0.29) is 12.3 Å². The highest BCUT2D eigenvalue weighted by Crippen LogP contribution is 1.98. The molecule has 0 heterocycles. The van der Waals surface area contributed by atoms with Crippen molar-refractivity contribution in [3.05, 3.63) is 29.8 Å². The van der Waals surface area contributed by atoms with Gasteiger partial charge in [-0.2, -0.15) is 0 Å². The summed E-state index contributed by atoms with van der Waals surface area (Å²) in [7, 11) is -1.57. The Morgan fingerprint density at radius 2 is 1.85 bits per heavy atom. The molecule has 0 spiro atoms. The average Bonchev–Trinajstić information content (AvgIpc) is 2.43. The summed E-state index contributed by atoms with van der Waals surface area (Å²) < 4.78 is 0. The van der Waals surface area contributed by atoms with E-state index in [0.717, 1.165) is 0 Å². The lowest BCUT2D eigenvalue weighted by molar-refractivity contribution is -0.138. The fourth-order valence-electron chi connectivity index (χ4n) is 1.56. The molecule has 108 valence electrons. The minimum absolute atomic E-state index is 0.283.